The first-order valence-electron chi connectivity index (χ1n) is 6.04. The van der Waals surface area contributed by atoms with Crippen LogP contribution in [0.5, 0.6) is 0 Å². The van der Waals surface area contributed by atoms with Gasteiger partial charge in [-0.2, -0.15) is 0 Å². The van der Waals surface area contributed by atoms with Crippen LogP contribution in [-0.2, 0) is 0 Å². The summed E-state index contributed by atoms with van der Waals surface area (Å²) < 4.78 is 0. The molecule has 0 atom stereocenters. The largest absolute Gasteiger partial charge is 0.409 e. The van der Waals surface area contributed by atoms with Crippen LogP contribution in [0, 0.1) is 13.8 Å². The van der Waals surface area contributed by atoms with Crippen LogP contribution in [0.15, 0.2) is 51.3 Å². The predicted molar refractivity (Wildman–Crippen MR) is 84.0 cm³/mol. The lowest BCUT2D eigenvalue weighted by atomic mass is 10.2. The lowest BCUT2D eigenvalue weighted by Gasteiger charge is -2.08. The summed E-state index contributed by atoms with van der Waals surface area (Å²) in [5.74, 6) is 0.0121. The molecule has 0 aliphatic rings. The van der Waals surface area contributed by atoms with E-state index < -0.39 is 0 Å². The molecule has 3 N–H and O–H groups in total. The molecular formula is C15H15ClN2OS. The summed E-state index contributed by atoms with van der Waals surface area (Å²) in [7, 11) is 0. The fourth-order valence-corrected chi connectivity index (χ4v) is 3.13. The van der Waals surface area contributed by atoms with Gasteiger partial charge < -0.3 is 10.9 Å². The van der Waals surface area contributed by atoms with Crippen molar-refractivity contribution in [2.45, 2.75) is 23.6 Å². The Morgan fingerprint density at radius 3 is 2.55 bits per heavy atom. The van der Waals surface area contributed by atoms with Gasteiger partial charge in [0.2, 0.25) is 0 Å². The molecule has 0 spiro atoms. The highest BCUT2D eigenvalue weighted by atomic mass is 35.5. The van der Waals surface area contributed by atoms with Crippen molar-refractivity contribution in [3.8, 4) is 0 Å². The maximum atomic E-state index is 8.68. The molecule has 0 fully saturated rings. The molecule has 0 bridgehead atoms. The Kier molecular flexibility index (Phi) is 4.57. The van der Waals surface area contributed by atoms with E-state index in [4.69, 9.17) is 22.5 Å². The van der Waals surface area contributed by atoms with Crippen LogP contribution in [0.1, 0.15) is 16.7 Å². The molecule has 0 radical (unpaired) electrons. The molecule has 0 aliphatic carbocycles. The Bertz CT molecular complexity index is 671. The molecule has 5 heteroatoms. The molecule has 0 amide bonds. The van der Waals surface area contributed by atoms with Gasteiger partial charge in [-0.15, -0.1) is 0 Å². The molecular weight excluding hydrogens is 292 g/mol. The van der Waals surface area contributed by atoms with Gasteiger partial charge in [0.25, 0.3) is 0 Å². The summed E-state index contributed by atoms with van der Waals surface area (Å²) in [6, 6.07) is 11.8. The first kappa shape index (κ1) is 14.8. The lowest BCUT2D eigenvalue weighted by Crippen LogP contribution is -2.13. The lowest BCUT2D eigenvalue weighted by molar-refractivity contribution is 0.318. The van der Waals surface area contributed by atoms with E-state index in [2.05, 4.69) is 37.2 Å². The number of aryl methyl sites for hydroxylation is 2. The average Bonchev–Trinajstić information content (AvgIpc) is 2.41. The van der Waals surface area contributed by atoms with Gasteiger partial charge in [-0.3, -0.25) is 0 Å². The molecule has 0 heterocycles. The van der Waals surface area contributed by atoms with E-state index in [0.717, 1.165) is 4.90 Å². The SMILES string of the molecule is Cc1ccc(Sc2ccc(C(N)=NO)c(Cl)c2)c(C)c1. The van der Waals surface area contributed by atoms with Gasteiger partial charge in [-0.25, -0.2) is 0 Å². The number of hydrogen-bond donors (Lipinski definition) is 2. The average molecular weight is 307 g/mol. The Balaban J connectivity index is 2.29. The fourth-order valence-electron chi connectivity index (χ4n) is 1.86. The van der Waals surface area contributed by atoms with E-state index in [0.29, 0.717) is 10.6 Å². The zero-order valence-electron chi connectivity index (χ0n) is 11.2. The van der Waals surface area contributed by atoms with Gasteiger partial charge in [0.05, 0.1) is 5.02 Å². The number of rotatable bonds is 3. The third-order valence-electron chi connectivity index (χ3n) is 2.88. The summed E-state index contributed by atoms with van der Waals surface area (Å²) in [4.78, 5) is 2.19. The van der Waals surface area contributed by atoms with Gasteiger partial charge in [0, 0.05) is 15.4 Å². The van der Waals surface area contributed by atoms with Crippen LogP contribution in [0.25, 0.3) is 0 Å². The van der Waals surface area contributed by atoms with Crippen molar-refractivity contribution in [2.24, 2.45) is 10.9 Å². The minimum atomic E-state index is 0.0121. The van der Waals surface area contributed by atoms with Crippen molar-refractivity contribution in [1.82, 2.24) is 0 Å². The zero-order chi connectivity index (χ0) is 14.7. The normalized spacial score (nSPS) is 11.7. The summed E-state index contributed by atoms with van der Waals surface area (Å²) in [5, 5.41) is 12.1. The number of oxime groups is 1. The van der Waals surface area contributed by atoms with E-state index in [1.165, 1.54) is 16.0 Å². The van der Waals surface area contributed by atoms with E-state index in [-0.39, 0.29) is 5.84 Å². The van der Waals surface area contributed by atoms with Gasteiger partial charge in [-0.05, 0) is 43.7 Å². The van der Waals surface area contributed by atoms with Crippen molar-refractivity contribution in [2.75, 3.05) is 0 Å². The minimum Gasteiger partial charge on any atom is -0.409 e. The monoisotopic (exact) mass is 306 g/mol. The molecule has 0 unspecified atom stereocenters. The van der Waals surface area contributed by atoms with Crippen LogP contribution in [0.2, 0.25) is 5.02 Å². The standard InChI is InChI=1S/C15H15ClN2OS/c1-9-3-6-14(10(2)7-9)20-11-4-5-12(13(16)8-11)15(17)18-19/h3-8,19H,1-2H3,(H2,17,18). The van der Waals surface area contributed by atoms with Crippen molar-refractivity contribution in [3.05, 3.63) is 58.1 Å². The maximum absolute atomic E-state index is 8.68. The number of hydrogen-bond acceptors (Lipinski definition) is 3. The molecule has 0 saturated carbocycles. The second-order valence-corrected chi connectivity index (χ2v) is 6.02. The Morgan fingerprint density at radius 1 is 1.20 bits per heavy atom. The van der Waals surface area contributed by atoms with Crippen molar-refractivity contribution >= 4 is 29.2 Å². The van der Waals surface area contributed by atoms with Crippen LogP contribution < -0.4 is 5.73 Å². The van der Waals surface area contributed by atoms with Gasteiger partial charge in [0.1, 0.15) is 0 Å². The van der Waals surface area contributed by atoms with Crippen LogP contribution in [0.3, 0.4) is 0 Å². The summed E-state index contributed by atoms with van der Waals surface area (Å²) in [5.41, 5.74) is 8.55. The number of benzene rings is 2. The highest BCUT2D eigenvalue weighted by Crippen LogP contribution is 2.33. The maximum Gasteiger partial charge on any atom is 0.171 e. The summed E-state index contributed by atoms with van der Waals surface area (Å²) >= 11 is 7.79. The van der Waals surface area contributed by atoms with Crippen LogP contribution in [-0.4, -0.2) is 11.0 Å². The molecule has 104 valence electrons. The molecule has 2 aromatic rings. The second kappa shape index (κ2) is 6.20. The molecule has 2 rings (SSSR count). The molecule has 2 aromatic carbocycles. The van der Waals surface area contributed by atoms with Crippen molar-refractivity contribution < 1.29 is 5.21 Å². The predicted octanol–water partition coefficient (Wildman–Crippen LogP) is 4.20. The fraction of sp³-hybridized carbons (Fsp3) is 0.133. The number of halogens is 1. The Morgan fingerprint density at radius 2 is 1.95 bits per heavy atom. The van der Waals surface area contributed by atoms with E-state index in [1.54, 1.807) is 17.8 Å². The number of nitrogens with zero attached hydrogens (tertiary/aromatic N) is 1. The first-order chi connectivity index (χ1) is 9.51. The van der Waals surface area contributed by atoms with Gasteiger partial charge in [0.15, 0.2) is 5.84 Å². The molecule has 0 aromatic heterocycles. The van der Waals surface area contributed by atoms with E-state index >= 15 is 0 Å². The minimum absolute atomic E-state index is 0.0121. The van der Waals surface area contributed by atoms with Gasteiger partial charge >= 0.3 is 0 Å². The molecule has 3 nitrogen and oxygen atoms in total. The quantitative estimate of drug-likeness (QED) is 0.387. The zero-order valence-corrected chi connectivity index (χ0v) is 12.8. The molecule has 0 aliphatic heterocycles. The van der Waals surface area contributed by atoms with E-state index in [1.807, 2.05) is 12.1 Å². The summed E-state index contributed by atoms with van der Waals surface area (Å²) in [6.45, 7) is 4.16. The van der Waals surface area contributed by atoms with Crippen molar-refractivity contribution in [3.63, 3.8) is 0 Å². The van der Waals surface area contributed by atoms with Crippen LogP contribution >= 0.6 is 23.4 Å². The van der Waals surface area contributed by atoms with Crippen LogP contribution in [0.4, 0.5) is 0 Å². The third-order valence-corrected chi connectivity index (χ3v) is 4.36. The molecule has 0 saturated heterocycles. The third kappa shape index (κ3) is 3.26. The van der Waals surface area contributed by atoms with Crippen molar-refractivity contribution in [1.29, 1.82) is 0 Å². The summed E-state index contributed by atoms with van der Waals surface area (Å²) in [6.07, 6.45) is 0. The van der Waals surface area contributed by atoms with Gasteiger partial charge in [-0.1, -0.05) is 46.2 Å². The van der Waals surface area contributed by atoms with E-state index in [9.17, 15) is 0 Å². The number of nitrogens with two attached hydrogens (primary N) is 1. The Hall–Kier alpha value is -1.65. The highest BCUT2D eigenvalue weighted by molar-refractivity contribution is 7.99. The highest BCUT2D eigenvalue weighted by Gasteiger charge is 2.08. The number of amidine groups is 1. The smallest absolute Gasteiger partial charge is 0.171 e. The topological polar surface area (TPSA) is 58.6 Å². The second-order valence-electron chi connectivity index (χ2n) is 4.50. The molecule has 20 heavy (non-hydrogen) atoms. The first-order valence-corrected chi connectivity index (χ1v) is 7.23. The Labute approximate surface area is 127 Å².